The summed E-state index contributed by atoms with van der Waals surface area (Å²) in [6, 6.07) is 0. The van der Waals surface area contributed by atoms with Gasteiger partial charge in [0.05, 0.1) is 40.3 Å². The summed E-state index contributed by atoms with van der Waals surface area (Å²) in [6.45, 7) is 4.79. The van der Waals surface area contributed by atoms with E-state index in [1.165, 1.54) is 276 Å². The largest absolute Gasteiger partial charge is 0.545 e. The van der Waals surface area contributed by atoms with Crippen LogP contribution in [0, 0.1) is 0 Å². The third-order valence-corrected chi connectivity index (χ3v) is 16.5. The highest BCUT2D eigenvalue weighted by Crippen LogP contribution is 2.19. The number of carbonyl (C=O) groups excluding carboxylic acids is 3. The number of esters is 2. The minimum absolute atomic E-state index is 0.148. The predicted molar refractivity (Wildman–Crippen MR) is 362 cm³/mol. The molecule has 0 radical (unpaired) electrons. The van der Waals surface area contributed by atoms with Crippen molar-refractivity contribution in [3.05, 3.63) is 48.6 Å². The maximum absolute atomic E-state index is 12.9. The van der Waals surface area contributed by atoms with Crippen molar-refractivity contribution in [2.75, 3.05) is 47.5 Å². The second-order valence-corrected chi connectivity index (χ2v) is 26.2. The second kappa shape index (κ2) is 67.2. The fourth-order valence-corrected chi connectivity index (χ4v) is 10.9. The van der Waals surface area contributed by atoms with Crippen LogP contribution in [-0.4, -0.2) is 82.3 Å². The summed E-state index contributed by atoms with van der Waals surface area (Å²) in [7, 11) is 5.94. The molecule has 0 rings (SSSR count). The molecule has 0 N–H and O–H groups in total. The van der Waals surface area contributed by atoms with Crippen LogP contribution in [-0.2, 0) is 33.3 Å². The summed E-state index contributed by atoms with van der Waals surface area (Å²) in [5, 5.41) is 11.8. The number of hydrogen-bond donors (Lipinski definition) is 0. The molecule has 0 aliphatic rings. The quantitative estimate of drug-likeness (QED) is 0.0195. The van der Waals surface area contributed by atoms with Gasteiger partial charge in [-0.3, -0.25) is 9.59 Å². The second-order valence-electron chi connectivity index (χ2n) is 26.2. The van der Waals surface area contributed by atoms with Crippen molar-refractivity contribution in [1.29, 1.82) is 0 Å². The van der Waals surface area contributed by atoms with Gasteiger partial charge in [-0.15, -0.1) is 0 Å². The molecule has 0 saturated carbocycles. The SMILES string of the molecule is CCCCCCC/C=C\C/C=C\C/C=C\CCCCCCCCCCCCCCC(=O)OC(COC(=O)CCCCCCCCCCCCCCCCCCCCCCC/C=C\CCCCCCCCCC)COC(OCC[N+](C)(C)C)C(=O)[O-]. The molecule has 0 spiro atoms. The Kier molecular flexibility index (Phi) is 65.0. The molecule has 0 saturated heterocycles. The third kappa shape index (κ3) is 68.6. The van der Waals surface area contributed by atoms with Crippen LogP contribution in [0.15, 0.2) is 48.6 Å². The molecule has 0 aliphatic carbocycles. The predicted octanol–water partition coefficient (Wildman–Crippen LogP) is 21.6. The number of rotatable bonds is 69. The highest BCUT2D eigenvalue weighted by molar-refractivity contribution is 5.70. The van der Waals surface area contributed by atoms with Crippen molar-refractivity contribution >= 4 is 17.9 Å². The van der Waals surface area contributed by atoms with E-state index in [0.29, 0.717) is 23.9 Å². The first-order valence-electron chi connectivity index (χ1n) is 36.8. The van der Waals surface area contributed by atoms with E-state index in [1.807, 2.05) is 21.1 Å². The fourth-order valence-electron chi connectivity index (χ4n) is 10.9. The lowest BCUT2D eigenvalue weighted by atomic mass is 10.0. The van der Waals surface area contributed by atoms with Gasteiger partial charge in [0.1, 0.15) is 13.2 Å². The van der Waals surface area contributed by atoms with Gasteiger partial charge in [0.25, 0.3) is 0 Å². The Morgan fingerprint density at radius 3 is 0.953 bits per heavy atom. The van der Waals surface area contributed by atoms with E-state index in [0.717, 1.165) is 51.4 Å². The van der Waals surface area contributed by atoms with Crippen molar-refractivity contribution in [1.82, 2.24) is 0 Å². The Morgan fingerprint density at radius 2 is 0.635 bits per heavy atom. The Bertz CT molecular complexity index is 1530. The number of ether oxygens (including phenoxy) is 4. The lowest BCUT2D eigenvalue weighted by molar-refractivity contribution is -0.870. The van der Waals surface area contributed by atoms with Gasteiger partial charge >= 0.3 is 11.9 Å². The van der Waals surface area contributed by atoms with Crippen LogP contribution in [0.4, 0.5) is 0 Å². The van der Waals surface area contributed by atoms with Crippen LogP contribution in [0.1, 0.15) is 361 Å². The van der Waals surface area contributed by atoms with Gasteiger partial charge in [0, 0.05) is 12.8 Å². The molecule has 0 aromatic heterocycles. The van der Waals surface area contributed by atoms with E-state index in [9.17, 15) is 19.5 Å². The summed E-state index contributed by atoms with van der Waals surface area (Å²) < 4.78 is 22.8. The third-order valence-electron chi connectivity index (χ3n) is 16.5. The zero-order chi connectivity index (χ0) is 61.9. The number of nitrogens with zero attached hydrogens (tertiary/aromatic N) is 1. The molecule has 85 heavy (non-hydrogen) atoms. The number of quaternary nitrogens is 1. The normalized spacial score (nSPS) is 12.9. The molecule has 498 valence electrons. The first-order valence-corrected chi connectivity index (χ1v) is 36.8. The van der Waals surface area contributed by atoms with E-state index in [-0.39, 0.29) is 32.2 Å². The zero-order valence-electron chi connectivity index (χ0n) is 57.0. The van der Waals surface area contributed by atoms with Crippen molar-refractivity contribution in [2.45, 2.75) is 373 Å². The number of hydrogen-bond acceptors (Lipinski definition) is 8. The molecule has 0 heterocycles. The van der Waals surface area contributed by atoms with Gasteiger partial charge in [0.2, 0.25) is 0 Å². The van der Waals surface area contributed by atoms with E-state index in [4.69, 9.17) is 18.9 Å². The Morgan fingerprint density at radius 1 is 0.353 bits per heavy atom. The van der Waals surface area contributed by atoms with Crippen LogP contribution in [0.5, 0.6) is 0 Å². The highest BCUT2D eigenvalue weighted by Gasteiger charge is 2.22. The van der Waals surface area contributed by atoms with Crippen molar-refractivity contribution in [2.24, 2.45) is 0 Å². The molecule has 0 fully saturated rings. The van der Waals surface area contributed by atoms with E-state index in [1.54, 1.807) is 0 Å². The van der Waals surface area contributed by atoms with Crippen LogP contribution in [0.2, 0.25) is 0 Å². The van der Waals surface area contributed by atoms with E-state index < -0.39 is 24.3 Å². The number of carbonyl (C=O) groups is 3. The van der Waals surface area contributed by atoms with Gasteiger partial charge < -0.3 is 33.3 Å². The van der Waals surface area contributed by atoms with Gasteiger partial charge in [-0.1, -0.05) is 319 Å². The van der Waals surface area contributed by atoms with Gasteiger partial charge in [-0.25, -0.2) is 0 Å². The molecule has 0 aromatic carbocycles. The van der Waals surface area contributed by atoms with Gasteiger partial charge in [-0.2, -0.15) is 0 Å². The first kappa shape index (κ1) is 82.2. The number of unbranched alkanes of at least 4 members (excludes halogenated alkanes) is 46. The van der Waals surface area contributed by atoms with Crippen LogP contribution in [0.3, 0.4) is 0 Å². The zero-order valence-corrected chi connectivity index (χ0v) is 57.0. The maximum Gasteiger partial charge on any atom is 0.306 e. The number of carboxylic acid groups (broad SMARTS) is 1. The fraction of sp³-hybridized carbons (Fsp3) is 0.855. The molecule has 9 nitrogen and oxygen atoms in total. The summed E-state index contributed by atoms with van der Waals surface area (Å²) in [5.74, 6) is -2.26. The Labute approximate surface area is 527 Å². The summed E-state index contributed by atoms with van der Waals surface area (Å²) in [4.78, 5) is 37.5. The van der Waals surface area contributed by atoms with Crippen LogP contribution < -0.4 is 5.11 Å². The minimum atomic E-state index is -1.62. The maximum atomic E-state index is 12.9. The van der Waals surface area contributed by atoms with E-state index >= 15 is 0 Å². The van der Waals surface area contributed by atoms with Crippen molar-refractivity contribution in [3.8, 4) is 0 Å². The molecular weight excluding hydrogens is 1050 g/mol. The number of aliphatic carboxylic acids is 1. The standard InChI is InChI=1S/C76H141NO8/c1-6-8-10-12-14-16-18-20-22-24-26-28-30-32-34-35-36-37-38-39-41-42-44-46-48-50-52-54-56-58-60-62-64-66-73(78)83-70-72(71-84-76(75(80)81)82-69-68-77(3,4)5)85-74(79)67-65-63-61-59-57-55-53-51-49-47-45-43-40-33-31-29-27-25-23-21-19-17-15-13-11-9-7-2/h19,21,24-27,31,33,72,76H,6-18,20,22-23,28-30,32,34-71H2,1-5H3/b21-19-,26-24-,27-25-,33-31-. The average molecular weight is 1200 g/mol. The highest BCUT2D eigenvalue weighted by atomic mass is 16.7. The number of likely N-dealkylation sites (N-methyl/N-ethyl adjacent to an activating group) is 1. The molecule has 9 heteroatoms. The summed E-state index contributed by atoms with van der Waals surface area (Å²) >= 11 is 0. The van der Waals surface area contributed by atoms with Crippen LogP contribution in [0.25, 0.3) is 0 Å². The lowest BCUT2D eigenvalue weighted by Gasteiger charge is -2.26. The molecule has 0 bridgehead atoms. The number of allylic oxidation sites excluding steroid dienone is 8. The van der Waals surface area contributed by atoms with E-state index in [2.05, 4.69) is 62.5 Å². The van der Waals surface area contributed by atoms with Crippen molar-refractivity contribution < 1.29 is 42.9 Å². The molecule has 0 aliphatic heterocycles. The smallest absolute Gasteiger partial charge is 0.306 e. The molecule has 2 atom stereocenters. The topological polar surface area (TPSA) is 111 Å². The van der Waals surface area contributed by atoms with Crippen molar-refractivity contribution in [3.63, 3.8) is 0 Å². The average Bonchev–Trinajstić information content (AvgIpc) is 3.48. The van der Waals surface area contributed by atoms with Crippen LogP contribution >= 0.6 is 0 Å². The minimum Gasteiger partial charge on any atom is -0.545 e. The Balaban J connectivity index is 4.04. The monoisotopic (exact) mass is 1200 g/mol. The first-order chi connectivity index (χ1) is 41.6. The van der Waals surface area contributed by atoms with Gasteiger partial charge in [-0.05, 0) is 77.0 Å². The summed E-state index contributed by atoms with van der Waals surface area (Å²) in [5.41, 5.74) is 0. The number of carboxylic acids is 1. The molecule has 0 amide bonds. The Hall–Kier alpha value is -2.75. The molecule has 0 aromatic rings. The summed E-state index contributed by atoms with van der Waals surface area (Å²) in [6.07, 6.45) is 83.5. The molecular formula is C76H141NO8. The molecule has 2 unspecified atom stereocenters. The van der Waals surface area contributed by atoms with Gasteiger partial charge in [0.15, 0.2) is 12.4 Å². The lowest BCUT2D eigenvalue weighted by Crippen LogP contribution is -2.44.